The summed E-state index contributed by atoms with van der Waals surface area (Å²) in [5.74, 6) is 0.961. The molecule has 16 heavy (non-hydrogen) atoms. The van der Waals surface area contributed by atoms with Gasteiger partial charge in [-0.3, -0.25) is 0 Å². The molecule has 0 aliphatic rings. The molecule has 0 heterocycles. The van der Waals surface area contributed by atoms with Crippen LogP contribution in [0, 0.1) is 6.92 Å². The molecule has 2 heteroatoms. The van der Waals surface area contributed by atoms with Gasteiger partial charge in [0.15, 0.2) is 0 Å². The minimum atomic E-state index is 0.255. The normalized spacial score (nSPS) is 12.8. The van der Waals surface area contributed by atoms with Gasteiger partial charge in [-0.15, -0.1) is 0 Å². The van der Waals surface area contributed by atoms with Crippen LogP contribution in [0.4, 0.5) is 0 Å². The summed E-state index contributed by atoms with van der Waals surface area (Å²) in [6.45, 7) is 9.45. The smallest absolute Gasteiger partial charge is 0.119 e. The van der Waals surface area contributed by atoms with Crippen LogP contribution in [0.1, 0.15) is 32.8 Å². The lowest BCUT2D eigenvalue weighted by atomic mass is 10.2. The lowest BCUT2D eigenvalue weighted by Crippen LogP contribution is -2.34. The molecular weight excluding hydrogens is 198 g/mol. The molecule has 0 aliphatic carbocycles. The molecule has 1 rings (SSSR count). The molecule has 0 bridgehead atoms. The van der Waals surface area contributed by atoms with E-state index in [9.17, 15) is 0 Å². The summed E-state index contributed by atoms with van der Waals surface area (Å²) in [5, 5.41) is 3.40. The first-order chi connectivity index (χ1) is 7.61. The van der Waals surface area contributed by atoms with Crippen molar-refractivity contribution in [1.29, 1.82) is 0 Å². The van der Waals surface area contributed by atoms with Crippen molar-refractivity contribution >= 4 is 0 Å². The zero-order valence-corrected chi connectivity index (χ0v) is 10.8. The van der Waals surface area contributed by atoms with Crippen LogP contribution in [0.2, 0.25) is 0 Å². The zero-order chi connectivity index (χ0) is 12.0. The van der Waals surface area contributed by atoms with E-state index < -0.39 is 0 Å². The predicted octanol–water partition coefficient (Wildman–Crippen LogP) is 3.15. The Kier molecular flexibility index (Phi) is 5.33. The third-order valence-electron chi connectivity index (χ3n) is 2.53. The van der Waals surface area contributed by atoms with E-state index in [0.717, 1.165) is 18.7 Å². The molecule has 0 amide bonds. The number of nitrogens with one attached hydrogen (secondary N) is 1. The maximum atomic E-state index is 5.91. The molecule has 90 valence electrons. The topological polar surface area (TPSA) is 21.3 Å². The molecule has 1 N–H and O–H groups in total. The third kappa shape index (κ3) is 4.67. The fourth-order valence-electron chi connectivity index (χ4n) is 1.45. The van der Waals surface area contributed by atoms with Crippen molar-refractivity contribution in [2.75, 3.05) is 6.54 Å². The molecule has 1 aromatic carbocycles. The molecule has 0 aromatic heterocycles. The van der Waals surface area contributed by atoms with Gasteiger partial charge in [0.05, 0.1) is 0 Å². The van der Waals surface area contributed by atoms with Crippen molar-refractivity contribution < 1.29 is 4.74 Å². The number of benzene rings is 1. The highest BCUT2D eigenvalue weighted by molar-refractivity contribution is 5.26. The largest absolute Gasteiger partial charge is 0.489 e. The number of hydrogen-bond donors (Lipinski definition) is 1. The van der Waals surface area contributed by atoms with Gasteiger partial charge in [-0.25, -0.2) is 0 Å². The van der Waals surface area contributed by atoms with E-state index in [0.29, 0.717) is 6.04 Å². The van der Waals surface area contributed by atoms with Crippen molar-refractivity contribution in [2.45, 2.75) is 46.3 Å². The molecule has 0 fully saturated rings. The summed E-state index contributed by atoms with van der Waals surface area (Å²) in [5.41, 5.74) is 1.26. The first-order valence-electron chi connectivity index (χ1n) is 6.08. The Balaban J connectivity index is 2.46. The summed E-state index contributed by atoms with van der Waals surface area (Å²) >= 11 is 0. The van der Waals surface area contributed by atoms with E-state index in [-0.39, 0.29) is 6.10 Å². The number of rotatable bonds is 6. The van der Waals surface area contributed by atoms with Crippen molar-refractivity contribution in [3.8, 4) is 5.75 Å². The minimum absolute atomic E-state index is 0.255. The maximum Gasteiger partial charge on any atom is 0.119 e. The van der Waals surface area contributed by atoms with E-state index in [2.05, 4.69) is 45.1 Å². The summed E-state index contributed by atoms with van der Waals surface area (Å²) in [6, 6.07) is 8.74. The summed E-state index contributed by atoms with van der Waals surface area (Å²) in [6.07, 6.45) is 1.28. The fraction of sp³-hybridized carbons (Fsp3) is 0.571. The molecule has 0 radical (unpaired) electrons. The first-order valence-corrected chi connectivity index (χ1v) is 6.08. The highest BCUT2D eigenvalue weighted by Crippen LogP contribution is 2.14. The Labute approximate surface area is 99.0 Å². The number of ether oxygens (including phenoxy) is 1. The highest BCUT2D eigenvalue weighted by atomic mass is 16.5. The van der Waals surface area contributed by atoms with Crippen LogP contribution in [0.15, 0.2) is 24.3 Å². The van der Waals surface area contributed by atoms with Gasteiger partial charge < -0.3 is 10.1 Å². The summed E-state index contributed by atoms with van der Waals surface area (Å²) < 4.78 is 5.91. The molecule has 1 atom stereocenters. The zero-order valence-electron chi connectivity index (χ0n) is 10.8. The van der Waals surface area contributed by atoms with E-state index in [1.54, 1.807) is 0 Å². The Bertz CT molecular complexity index is 292. The van der Waals surface area contributed by atoms with Crippen molar-refractivity contribution in [3.63, 3.8) is 0 Å². The number of hydrogen-bond acceptors (Lipinski definition) is 2. The molecule has 2 nitrogen and oxygen atoms in total. The van der Waals surface area contributed by atoms with E-state index in [4.69, 9.17) is 4.74 Å². The SMILES string of the molecule is CCC(CNC(C)C)Oc1ccc(C)cc1. The molecular formula is C14H23NO. The van der Waals surface area contributed by atoms with Crippen molar-refractivity contribution in [2.24, 2.45) is 0 Å². The van der Waals surface area contributed by atoms with Crippen LogP contribution in [0.25, 0.3) is 0 Å². The lowest BCUT2D eigenvalue weighted by molar-refractivity contribution is 0.190. The molecule has 1 aromatic rings. The van der Waals surface area contributed by atoms with E-state index >= 15 is 0 Å². The number of aryl methyl sites for hydroxylation is 1. The van der Waals surface area contributed by atoms with Crippen LogP contribution in [0.5, 0.6) is 5.75 Å². The van der Waals surface area contributed by atoms with Gasteiger partial charge in [-0.05, 0) is 25.5 Å². The molecule has 0 spiro atoms. The molecule has 1 unspecified atom stereocenters. The van der Waals surface area contributed by atoms with Crippen LogP contribution < -0.4 is 10.1 Å². The van der Waals surface area contributed by atoms with Crippen molar-refractivity contribution in [1.82, 2.24) is 5.32 Å². The van der Waals surface area contributed by atoms with Crippen LogP contribution in [-0.4, -0.2) is 18.7 Å². The molecule has 0 saturated heterocycles. The highest BCUT2D eigenvalue weighted by Gasteiger charge is 2.08. The average molecular weight is 221 g/mol. The average Bonchev–Trinajstić information content (AvgIpc) is 2.26. The summed E-state index contributed by atoms with van der Waals surface area (Å²) in [7, 11) is 0. The van der Waals surface area contributed by atoms with Gasteiger partial charge in [0, 0.05) is 12.6 Å². The second-order valence-corrected chi connectivity index (χ2v) is 4.52. The van der Waals surface area contributed by atoms with Gasteiger partial charge in [-0.2, -0.15) is 0 Å². The van der Waals surface area contributed by atoms with Crippen LogP contribution in [0.3, 0.4) is 0 Å². The quantitative estimate of drug-likeness (QED) is 0.796. The molecule has 0 saturated carbocycles. The second kappa shape index (κ2) is 6.54. The predicted molar refractivity (Wildman–Crippen MR) is 69.0 cm³/mol. The lowest BCUT2D eigenvalue weighted by Gasteiger charge is -2.19. The maximum absolute atomic E-state index is 5.91. The van der Waals surface area contributed by atoms with E-state index in [1.807, 2.05) is 12.1 Å². The monoisotopic (exact) mass is 221 g/mol. The van der Waals surface area contributed by atoms with Crippen LogP contribution >= 0.6 is 0 Å². The Morgan fingerprint density at radius 2 is 1.81 bits per heavy atom. The molecule has 0 aliphatic heterocycles. The third-order valence-corrected chi connectivity index (χ3v) is 2.53. The van der Waals surface area contributed by atoms with Crippen molar-refractivity contribution in [3.05, 3.63) is 29.8 Å². The van der Waals surface area contributed by atoms with Gasteiger partial charge in [0.25, 0.3) is 0 Å². The first kappa shape index (κ1) is 13.0. The van der Waals surface area contributed by atoms with Gasteiger partial charge >= 0.3 is 0 Å². The van der Waals surface area contributed by atoms with Crippen LogP contribution in [-0.2, 0) is 0 Å². The standard InChI is InChI=1S/C14H23NO/c1-5-13(10-15-11(2)3)16-14-8-6-12(4)7-9-14/h6-9,11,13,15H,5,10H2,1-4H3. The summed E-state index contributed by atoms with van der Waals surface area (Å²) in [4.78, 5) is 0. The Morgan fingerprint density at radius 1 is 1.19 bits per heavy atom. The Morgan fingerprint density at radius 3 is 2.31 bits per heavy atom. The van der Waals surface area contributed by atoms with Gasteiger partial charge in [-0.1, -0.05) is 38.5 Å². The minimum Gasteiger partial charge on any atom is -0.489 e. The van der Waals surface area contributed by atoms with Gasteiger partial charge in [0.2, 0.25) is 0 Å². The van der Waals surface area contributed by atoms with E-state index in [1.165, 1.54) is 5.56 Å². The fourth-order valence-corrected chi connectivity index (χ4v) is 1.45. The van der Waals surface area contributed by atoms with Gasteiger partial charge in [0.1, 0.15) is 11.9 Å². The Hall–Kier alpha value is -1.02. The second-order valence-electron chi connectivity index (χ2n) is 4.52.